The second-order valence-electron chi connectivity index (χ2n) is 4.48. The summed E-state index contributed by atoms with van der Waals surface area (Å²) < 4.78 is 25.4. The summed E-state index contributed by atoms with van der Waals surface area (Å²) in [4.78, 5) is 10.2. The van der Waals surface area contributed by atoms with Crippen molar-refractivity contribution in [1.29, 1.82) is 0 Å². The van der Waals surface area contributed by atoms with Crippen molar-refractivity contribution >= 4 is 16.0 Å². The van der Waals surface area contributed by atoms with E-state index in [4.69, 9.17) is 5.11 Å². The van der Waals surface area contributed by atoms with Crippen LogP contribution in [0.1, 0.15) is 32.6 Å². The lowest BCUT2D eigenvalue weighted by Gasteiger charge is -2.11. The maximum Gasteiger partial charge on any atom is 0.303 e. The van der Waals surface area contributed by atoms with Gasteiger partial charge in [-0.1, -0.05) is 6.92 Å². The first kappa shape index (κ1) is 13.4. The maximum absolute atomic E-state index is 11.5. The Hall–Kier alpha value is -0.620. The van der Waals surface area contributed by atoms with E-state index in [2.05, 4.69) is 4.72 Å². The summed E-state index contributed by atoms with van der Waals surface area (Å²) >= 11 is 0. The smallest absolute Gasteiger partial charge is 0.303 e. The molecule has 1 unspecified atom stereocenters. The predicted octanol–water partition coefficient (Wildman–Crippen LogP) is 0.817. The molecule has 1 saturated carbocycles. The summed E-state index contributed by atoms with van der Waals surface area (Å²) in [7, 11) is -3.29. The van der Waals surface area contributed by atoms with E-state index in [9.17, 15) is 13.2 Å². The summed E-state index contributed by atoms with van der Waals surface area (Å²) in [5.41, 5.74) is 0. The van der Waals surface area contributed by atoms with Crippen LogP contribution in [-0.2, 0) is 14.8 Å². The zero-order chi connectivity index (χ0) is 12.2. The molecule has 6 heteroatoms. The number of nitrogens with one attached hydrogen (secondary N) is 1. The minimum absolute atomic E-state index is 0.0981. The van der Waals surface area contributed by atoms with Gasteiger partial charge < -0.3 is 5.11 Å². The van der Waals surface area contributed by atoms with Gasteiger partial charge in [-0.05, 0) is 31.1 Å². The molecule has 1 rings (SSSR count). The molecule has 0 heterocycles. The van der Waals surface area contributed by atoms with Crippen LogP contribution in [0.15, 0.2) is 0 Å². The van der Waals surface area contributed by atoms with Gasteiger partial charge in [-0.15, -0.1) is 0 Å². The zero-order valence-corrected chi connectivity index (χ0v) is 10.3. The highest BCUT2D eigenvalue weighted by Crippen LogP contribution is 2.36. The molecule has 94 valence electrons. The number of rotatable bonds is 8. The van der Waals surface area contributed by atoms with Gasteiger partial charge in [0.15, 0.2) is 0 Å². The SMILES string of the molecule is CC(CNS(=O)(=O)CCCC(=O)O)C1CC1. The molecule has 0 saturated heterocycles. The summed E-state index contributed by atoms with van der Waals surface area (Å²) in [6.07, 6.45) is 2.46. The van der Waals surface area contributed by atoms with Gasteiger partial charge in [0.05, 0.1) is 5.75 Å². The normalized spacial score (nSPS) is 18.3. The molecule has 5 nitrogen and oxygen atoms in total. The third-order valence-corrected chi connectivity index (χ3v) is 4.29. The molecule has 16 heavy (non-hydrogen) atoms. The second-order valence-corrected chi connectivity index (χ2v) is 6.41. The molecule has 0 aliphatic heterocycles. The third kappa shape index (κ3) is 5.46. The number of aliphatic carboxylic acids is 1. The summed E-state index contributed by atoms with van der Waals surface area (Å²) in [5.74, 6) is -0.00559. The summed E-state index contributed by atoms with van der Waals surface area (Å²) in [5, 5.41) is 8.39. The van der Waals surface area contributed by atoms with E-state index in [0.29, 0.717) is 18.4 Å². The van der Waals surface area contributed by atoms with Gasteiger partial charge in [0.1, 0.15) is 0 Å². The van der Waals surface area contributed by atoms with Crippen molar-refractivity contribution in [3.05, 3.63) is 0 Å². The fraction of sp³-hybridized carbons (Fsp3) is 0.900. The van der Waals surface area contributed by atoms with E-state index in [1.54, 1.807) is 0 Å². The van der Waals surface area contributed by atoms with Crippen LogP contribution >= 0.6 is 0 Å². The third-order valence-electron chi connectivity index (χ3n) is 2.86. The van der Waals surface area contributed by atoms with Crippen LogP contribution in [0, 0.1) is 11.8 Å². The Morgan fingerprint density at radius 1 is 1.50 bits per heavy atom. The fourth-order valence-electron chi connectivity index (χ4n) is 1.58. The molecule has 0 bridgehead atoms. The van der Waals surface area contributed by atoms with E-state index in [1.165, 1.54) is 12.8 Å². The Labute approximate surface area is 96.3 Å². The highest BCUT2D eigenvalue weighted by Gasteiger charge is 2.28. The molecule has 1 aliphatic rings. The largest absolute Gasteiger partial charge is 0.481 e. The monoisotopic (exact) mass is 249 g/mol. The van der Waals surface area contributed by atoms with Crippen molar-refractivity contribution in [2.24, 2.45) is 11.8 Å². The molecule has 0 spiro atoms. The van der Waals surface area contributed by atoms with Crippen molar-refractivity contribution < 1.29 is 18.3 Å². The summed E-state index contributed by atoms with van der Waals surface area (Å²) in [6, 6.07) is 0. The fourth-order valence-corrected chi connectivity index (χ4v) is 2.76. The number of carboxylic acid groups (broad SMARTS) is 1. The topological polar surface area (TPSA) is 83.5 Å². The number of carbonyl (C=O) groups is 1. The van der Waals surface area contributed by atoms with Crippen LogP contribution in [0.4, 0.5) is 0 Å². The number of hydrogen-bond acceptors (Lipinski definition) is 3. The number of hydrogen-bond donors (Lipinski definition) is 2. The van der Waals surface area contributed by atoms with Gasteiger partial charge in [0.2, 0.25) is 10.0 Å². The second kappa shape index (κ2) is 5.63. The lowest BCUT2D eigenvalue weighted by Crippen LogP contribution is -2.31. The molecule has 2 N–H and O–H groups in total. The zero-order valence-electron chi connectivity index (χ0n) is 9.48. The molecular formula is C10H19NO4S. The molecule has 0 amide bonds. The van der Waals surface area contributed by atoms with Crippen LogP contribution in [0.5, 0.6) is 0 Å². The molecule has 0 aromatic heterocycles. The first-order valence-electron chi connectivity index (χ1n) is 5.60. The van der Waals surface area contributed by atoms with Gasteiger partial charge in [-0.25, -0.2) is 13.1 Å². The molecule has 1 aliphatic carbocycles. The lowest BCUT2D eigenvalue weighted by atomic mass is 10.1. The van der Waals surface area contributed by atoms with E-state index in [-0.39, 0.29) is 18.6 Å². The van der Waals surface area contributed by atoms with Crippen molar-refractivity contribution in [3.63, 3.8) is 0 Å². The Kier molecular flexibility index (Phi) is 4.73. The maximum atomic E-state index is 11.5. The Balaban J connectivity index is 2.19. The Morgan fingerprint density at radius 3 is 2.62 bits per heavy atom. The Morgan fingerprint density at radius 2 is 2.12 bits per heavy atom. The van der Waals surface area contributed by atoms with Crippen molar-refractivity contribution in [1.82, 2.24) is 4.72 Å². The lowest BCUT2D eigenvalue weighted by molar-refractivity contribution is -0.137. The standard InChI is InChI=1S/C10H19NO4S/c1-8(9-4-5-9)7-11-16(14,15)6-2-3-10(12)13/h8-9,11H,2-7H2,1H3,(H,12,13). The highest BCUT2D eigenvalue weighted by atomic mass is 32.2. The van der Waals surface area contributed by atoms with Gasteiger partial charge in [-0.3, -0.25) is 4.79 Å². The van der Waals surface area contributed by atoms with Crippen molar-refractivity contribution in [3.8, 4) is 0 Å². The van der Waals surface area contributed by atoms with E-state index in [1.807, 2.05) is 6.92 Å². The molecule has 0 radical (unpaired) electrons. The van der Waals surface area contributed by atoms with Crippen molar-refractivity contribution in [2.75, 3.05) is 12.3 Å². The van der Waals surface area contributed by atoms with Crippen LogP contribution in [0.3, 0.4) is 0 Å². The van der Waals surface area contributed by atoms with Gasteiger partial charge in [-0.2, -0.15) is 0 Å². The van der Waals surface area contributed by atoms with E-state index in [0.717, 1.165) is 0 Å². The minimum Gasteiger partial charge on any atom is -0.481 e. The molecule has 1 atom stereocenters. The number of carboxylic acids is 1. The average Bonchev–Trinajstić information content (AvgIpc) is 2.96. The highest BCUT2D eigenvalue weighted by molar-refractivity contribution is 7.89. The van der Waals surface area contributed by atoms with Crippen molar-refractivity contribution in [2.45, 2.75) is 32.6 Å². The van der Waals surface area contributed by atoms with Crippen LogP contribution in [0.2, 0.25) is 0 Å². The predicted molar refractivity (Wildman–Crippen MR) is 60.5 cm³/mol. The molecule has 1 fully saturated rings. The van der Waals surface area contributed by atoms with Crippen LogP contribution in [-0.4, -0.2) is 31.8 Å². The van der Waals surface area contributed by atoms with Gasteiger partial charge >= 0.3 is 5.97 Å². The molecule has 0 aromatic rings. The first-order chi connectivity index (χ1) is 7.41. The Bertz CT molecular complexity index is 335. The van der Waals surface area contributed by atoms with E-state index >= 15 is 0 Å². The first-order valence-corrected chi connectivity index (χ1v) is 7.25. The van der Waals surface area contributed by atoms with Crippen LogP contribution in [0.25, 0.3) is 0 Å². The average molecular weight is 249 g/mol. The summed E-state index contributed by atoms with van der Waals surface area (Å²) in [6.45, 7) is 2.51. The van der Waals surface area contributed by atoms with Gasteiger partial charge in [0, 0.05) is 13.0 Å². The molecule has 0 aromatic carbocycles. The number of sulfonamides is 1. The quantitative estimate of drug-likeness (QED) is 0.667. The van der Waals surface area contributed by atoms with Gasteiger partial charge in [0.25, 0.3) is 0 Å². The van der Waals surface area contributed by atoms with E-state index < -0.39 is 16.0 Å². The van der Waals surface area contributed by atoms with Crippen LogP contribution < -0.4 is 4.72 Å². The minimum atomic E-state index is -3.29. The molecular weight excluding hydrogens is 230 g/mol.